The van der Waals surface area contributed by atoms with Gasteiger partial charge in [0.25, 0.3) is 0 Å². The molecular weight excluding hydrogens is 438 g/mol. The fourth-order valence-corrected chi connectivity index (χ4v) is 4.24. The van der Waals surface area contributed by atoms with Crippen LogP contribution in [0.4, 0.5) is 0 Å². The van der Waals surface area contributed by atoms with Gasteiger partial charge >= 0.3 is 5.97 Å². The number of aryl methyl sites for hydroxylation is 2. The molecule has 0 aliphatic rings. The number of carbonyl (C=O) groups is 1. The van der Waals surface area contributed by atoms with Crippen LogP contribution in [-0.4, -0.2) is 26.3 Å². The van der Waals surface area contributed by atoms with Gasteiger partial charge in [0, 0.05) is 41.1 Å². The number of nitrogens with one attached hydrogen (secondary N) is 1. The van der Waals surface area contributed by atoms with Crippen molar-refractivity contribution in [3.63, 3.8) is 0 Å². The molecule has 0 spiro atoms. The van der Waals surface area contributed by atoms with Crippen LogP contribution < -0.4 is 0 Å². The van der Waals surface area contributed by atoms with Crippen LogP contribution >= 0.6 is 11.6 Å². The van der Waals surface area contributed by atoms with Gasteiger partial charge in [-0.25, -0.2) is 4.79 Å². The number of carboxylic acid groups (broad SMARTS) is 1. The normalized spacial score (nSPS) is 11.2. The Labute approximate surface area is 194 Å². The van der Waals surface area contributed by atoms with Crippen LogP contribution in [0.2, 0.25) is 5.02 Å². The van der Waals surface area contributed by atoms with Crippen LogP contribution in [0.15, 0.2) is 65.1 Å². The van der Waals surface area contributed by atoms with Crippen LogP contribution in [0.3, 0.4) is 0 Å². The van der Waals surface area contributed by atoms with Gasteiger partial charge in [-0.3, -0.25) is 0 Å². The third-order valence-corrected chi connectivity index (χ3v) is 5.97. The van der Waals surface area contributed by atoms with Crippen molar-refractivity contribution in [3.8, 4) is 22.6 Å². The summed E-state index contributed by atoms with van der Waals surface area (Å²) in [5.74, 6) is 0.0938. The van der Waals surface area contributed by atoms with Crippen molar-refractivity contribution in [2.45, 2.75) is 20.3 Å². The van der Waals surface area contributed by atoms with E-state index in [0.717, 1.165) is 44.4 Å². The van der Waals surface area contributed by atoms with E-state index in [-0.39, 0.29) is 0 Å². The first-order valence-electron chi connectivity index (χ1n) is 10.4. The van der Waals surface area contributed by atoms with Crippen LogP contribution in [-0.2, 0) is 6.42 Å². The average Bonchev–Trinajstić information content (AvgIpc) is 3.39. The Bertz CT molecular complexity index is 1500. The molecule has 0 radical (unpaired) electrons. The fraction of sp³-hybridized carbons (Fsp3) is 0.115. The highest BCUT2D eigenvalue weighted by molar-refractivity contribution is 6.34. The Morgan fingerprint density at radius 3 is 2.45 bits per heavy atom. The maximum atomic E-state index is 11.4. The molecule has 0 fully saturated rings. The molecular formula is C26H20ClN3O3. The summed E-state index contributed by atoms with van der Waals surface area (Å²) in [5.41, 5.74) is 6.68. The molecule has 0 bridgehead atoms. The molecule has 0 aliphatic heterocycles. The van der Waals surface area contributed by atoms with Crippen LogP contribution in [0.25, 0.3) is 33.5 Å². The minimum Gasteiger partial charge on any atom is -0.478 e. The zero-order chi connectivity index (χ0) is 23.1. The van der Waals surface area contributed by atoms with E-state index in [1.54, 1.807) is 19.9 Å². The highest BCUT2D eigenvalue weighted by Crippen LogP contribution is 2.34. The fourth-order valence-electron chi connectivity index (χ4n) is 3.97. The largest absolute Gasteiger partial charge is 0.478 e. The Kier molecular flexibility index (Phi) is 5.23. The zero-order valence-electron chi connectivity index (χ0n) is 18.0. The Morgan fingerprint density at radius 1 is 1.00 bits per heavy atom. The third-order valence-electron chi connectivity index (χ3n) is 5.66. The van der Waals surface area contributed by atoms with Crippen molar-refractivity contribution >= 4 is 28.5 Å². The second-order valence-corrected chi connectivity index (χ2v) is 8.46. The summed E-state index contributed by atoms with van der Waals surface area (Å²) in [4.78, 5) is 14.8. The Balaban J connectivity index is 1.45. The standard InChI is InChI=1S/C26H20ClN3O3/c1-14-3-4-16(10-21(14)26(31)32)9-20-11-19-12-22(23(27)13-24(19)28-20)17-5-7-18(8-6-17)25-30-29-15(2)33-25/h3-8,10-13,28H,9H2,1-2H3,(H,31,32). The second kappa shape index (κ2) is 8.22. The number of aromatic carboxylic acids is 1. The van der Waals surface area contributed by atoms with Gasteiger partial charge in [0.05, 0.1) is 10.6 Å². The molecule has 7 heteroatoms. The number of benzene rings is 3. The molecule has 5 aromatic rings. The van der Waals surface area contributed by atoms with Crippen LogP contribution in [0, 0.1) is 13.8 Å². The van der Waals surface area contributed by atoms with Crippen molar-refractivity contribution in [3.05, 3.63) is 94.0 Å². The monoisotopic (exact) mass is 457 g/mol. The van der Waals surface area contributed by atoms with Gasteiger partial charge in [-0.05, 0) is 60.0 Å². The summed E-state index contributed by atoms with van der Waals surface area (Å²) in [5, 5.41) is 19.0. The number of halogens is 1. The number of hydrogen-bond acceptors (Lipinski definition) is 4. The van der Waals surface area contributed by atoms with Crippen molar-refractivity contribution in [2.75, 3.05) is 0 Å². The molecule has 0 unspecified atom stereocenters. The molecule has 0 aliphatic carbocycles. The number of aromatic nitrogens is 3. The summed E-state index contributed by atoms with van der Waals surface area (Å²) in [6.07, 6.45) is 0.598. The molecule has 2 heterocycles. The van der Waals surface area contributed by atoms with Gasteiger partial charge in [0.2, 0.25) is 11.8 Å². The Morgan fingerprint density at radius 2 is 1.76 bits per heavy atom. The summed E-state index contributed by atoms with van der Waals surface area (Å²) in [6, 6.07) is 19.4. The first-order chi connectivity index (χ1) is 15.9. The number of aromatic amines is 1. The molecule has 6 nitrogen and oxygen atoms in total. The molecule has 0 amide bonds. The van der Waals surface area contributed by atoms with E-state index in [0.29, 0.717) is 28.8 Å². The minimum absolute atomic E-state index is 0.327. The van der Waals surface area contributed by atoms with Crippen molar-refractivity contribution in [2.24, 2.45) is 0 Å². The highest BCUT2D eigenvalue weighted by atomic mass is 35.5. The van der Waals surface area contributed by atoms with Crippen molar-refractivity contribution in [1.29, 1.82) is 0 Å². The first kappa shape index (κ1) is 21.0. The quantitative estimate of drug-likeness (QED) is 0.316. The first-order valence-corrected chi connectivity index (χ1v) is 10.8. The van der Waals surface area contributed by atoms with Crippen molar-refractivity contribution < 1.29 is 14.3 Å². The van der Waals surface area contributed by atoms with Crippen LogP contribution in [0.5, 0.6) is 0 Å². The second-order valence-electron chi connectivity index (χ2n) is 8.05. The maximum Gasteiger partial charge on any atom is 0.335 e. The van der Waals surface area contributed by atoms with E-state index >= 15 is 0 Å². The van der Waals surface area contributed by atoms with Gasteiger partial charge in [-0.15, -0.1) is 10.2 Å². The molecule has 164 valence electrons. The number of nitrogens with zero attached hydrogens (tertiary/aromatic N) is 2. The lowest BCUT2D eigenvalue weighted by atomic mass is 10.0. The van der Waals surface area contributed by atoms with Gasteiger partial charge in [-0.2, -0.15) is 0 Å². The van der Waals surface area contributed by atoms with E-state index in [9.17, 15) is 9.90 Å². The zero-order valence-corrected chi connectivity index (χ0v) is 18.8. The van der Waals surface area contributed by atoms with Crippen molar-refractivity contribution in [1.82, 2.24) is 15.2 Å². The topological polar surface area (TPSA) is 92.0 Å². The number of carboxylic acids is 1. The summed E-state index contributed by atoms with van der Waals surface area (Å²) in [7, 11) is 0. The molecule has 2 N–H and O–H groups in total. The van der Waals surface area contributed by atoms with Gasteiger partial charge in [-0.1, -0.05) is 35.9 Å². The van der Waals surface area contributed by atoms with E-state index in [1.165, 1.54) is 0 Å². The van der Waals surface area contributed by atoms with Crippen LogP contribution in [0.1, 0.15) is 33.1 Å². The molecule has 0 atom stereocenters. The SMILES string of the molecule is Cc1nnc(-c2ccc(-c3cc4cc(Cc5ccc(C)c(C(=O)O)c5)[nH]c4cc3Cl)cc2)o1. The minimum atomic E-state index is -0.914. The van der Waals surface area contributed by atoms with Gasteiger partial charge in [0.1, 0.15) is 0 Å². The Hall–Kier alpha value is -3.90. The maximum absolute atomic E-state index is 11.4. The predicted octanol–water partition coefficient (Wildman–Crippen LogP) is 6.44. The number of hydrogen-bond donors (Lipinski definition) is 2. The lowest BCUT2D eigenvalue weighted by molar-refractivity contribution is 0.0696. The lowest BCUT2D eigenvalue weighted by Crippen LogP contribution is -2.01. The molecule has 0 saturated carbocycles. The molecule has 0 saturated heterocycles. The molecule has 2 aromatic heterocycles. The number of fused-ring (bicyclic) bond motifs is 1. The molecule has 3 aromatic carbocycles. The average molecular weight is 458 g/mol. The predicted molar refractivity (Wildman–Crippen MR) is 128 cm³/mol. The third kappa shape index (κ3) is 4.13. The van der Waals surface area contributed by atoms with E-state index in [4.69, 9.17) is 16.0 Å². The molecule has 5 rings (SSSR count). The number of rotatable bonds is 5. The summed E-state index contributed by atoms with van der Waals surface area (Å²) in [6.45, 7) is 3.56. The van der Waals surface area contributed by atoms with E-state index in [2.05, 4.69) is 27.3 Å². The number of H-pyrrole nitrogens is 1. The smallest absolute Gasteiger partial charge is 0.335 e. The van der Waals surface area contributed by atoms with Gasteiger partial charge < -0.3 is 14.5 Å². The highest BCUT2D eigenvalue weighted by Gasteiger charge is 2.12. The summed E-state index contributed by atoms with van der Waals surface area (Å²) >= 11 is 6.61. The van der Waals surface area contributed by atoms with E-state index in [1.807, 2.05) is 42.5 Å². The van der Waals surface area contributed by atoms with Gasteiger partial charge in [0.15, 0.2) is 0 Å². The van der Waals surface area contributed by atoms with E-state index < -0.39 is 5.97 Å². The molecule has 33 heavy (non-hydrogen) atoms. The lowest BCUT2D eigenvalue weighted by Gasteiger charge is -2.06. The summed E-state index contributed by atoms with van der Waals surface area (Å²) < 4.78 is 5.49.